The molecule has 20 heavy (non-hydrogen) atoms. The molecule has 0 saturated carbocycles. The molecule has 2 rings (SSSR count). The standard InChI is InChI=1S/C16H19BrN2O/c1-3-19(16-7-5-4-6-15(16)18)11-12-10-13(20-2)8-9-14(12)17/h4-10H,3,11,18H2,1-2H3. The van der Waals surface area contributed by atoms with Crippen LogP contribution in [0.1, 0.15) is 12.5 Å². The topological polar surface area (TPSA) is 38.5 Å². The first-order valence-corrected chi connectivity index (χ1v) is 7.37. The number of para-hydroxylation sites is 2. The number of nitrogen functional groups attached to an aromatic ring is 1. The average molecular weight is 335 g/mol. The fourth-order valence-electron chi connectivity index (χ4n) is 2.15. The summed E-state index contributed by atoms with van der Waals surface area (Å²) < 4.78 is 6.37. The first-order chi connectivity index (χ1) is 9.65. The van der Waals surface area contributed by atoms with Crippen molar-refractivity contribution in [3.05, 3.63) is 52.5 Å². The molecule has 0 radical (unpaired) electrons. The van der Waals surface area contributed by atoms with Crippen molar-refractivity contribution in [3.63, 3.8) is 0 Å². The Morgan fingerprint density at radius 2 is 1.95 bits per heavy atom. The van der Waals surface area contributed by atoms with Crippen molar-refractivity contribution in [2.45, 2.75) is 13.5 Å². The Morgan fingerprint density at radius 1 is 1.20 bits per heavy atom. The minimum atomic E-state index is 0.780. The Morgan fingerprint density at radius 3 is 2.60 bits per heavy atom. The third-order valence-corrected chi connectivity index (χ3v) is 4.05. The lowest BCUT2D eigenvalue weighted by molar-refractivity contribution is 0.414. The zero-order valence-corrected chi connectivity index (χ0v) is 13.4. The van der Waals surface area contributed by atoms with Gasteiger partial charge in [-0.25, -0.2) is 0 Å². The Balaban J connectivity index is 2.29. The number of nitrogens with zero attached hydrogens (tertiary/aromatic N) is 1. The molecule has 0 aliphatic carbocycles. The number of anilines is 2. The molecule has 2 aromatic carbocycles. The van der Waals surface area contributed by atoms with Crippen molar-refractivity contribution in [1.29, 1.82) is 0 Å². The number of methoxy groups -OCH3 is 1. The molecule has 3 nitrogen and oxygen atoms in total. The number of hydrogen-bond donors (Lipinski definition) is 1. The molecule has 0 amide bonds. The van der Waals surface area contributed by atoms with E-state index in [1.165, 1.54) is 5.56 Å². The summed E-state index contributed by atoms with van der Waals surface area (Å²) in [5, 5.41) is 0. The van der Waals surface area contributed by atoms with Crippen molar-refractivity contribution in [2.75, 3.05) is 24.3 Å². The number of rotatable bonds is 5. The van der Waals surface area contributed by atoms with Crippen molar-refractivity contribution in [1.82, 2.24) is 0 Å². The quantitative estimate of drug-likeness (QED) is 0.837. The molecule has 0 saturated heterocycles. The van der Waals surface area contributed by atoms with Crippen LogP contribution in [0, 0.1) is 0 Å². The first kappa shape index (κ1) is 14.7. The summed E-state index contributed by atoms with van der Waals surface area (Å²) >= 11 is 3.59. The van der Waals surface area contributed by atoms with Gasteiger partial charge in [-0.05, 0) is 42.8 Å². The van der Waals surface area contributed by atoms with Crippen LogP contribution in [0.3, 0.4) is 0 Å². The second kappa shape index (κ2) is 6.66. The van der Waals surface area contributed by atoms with Crippen molar-refractivity contribution >= 4 is 27.3 Å². The zero-order chi connectivity index (χ0) is 14.5. The van der Waals surface area contributed by atoms with Gasteiger partial charge in [0.25, 0.3) is 0 Å². The lowest BCUT2D eigenvalue weighted by Crippen LogP contribution is -2.23. The summed E-state index contributed by atoms with van der Waals surface area (Å²) in [5.74, 6) is 0.861. The highest BCUT2D eigenvalue weighted by atomic mass is 79.9. The highest BCUT2D eigenvalue weighted by Crippen LogP contribution is 2.28. The fourth-order valence-corrected chi connectivity index (χ4v) is 2.52. The Hall–Kier alpha value is -1.68. The molecule has 0 atom stereocenters. The third-order valence-electron chi connectivity index (χ3n) is 3.27. The van der Waals surface area contributed by atoms with E-state index < -0.39 is 0 Å². The smallest absolute Gasteiger partial charge is 0.119 e. The predicted octanol–water partition coefficient (Wildman–Crippen LogP) is 4.07. The fraction of sp³-hybridized carbons (Fsp3) is 0.250. The number of hydrogen-bond acceptors (Lipinski definition) is 3. The SMILES string of the molecule is CCN(Cc1cc(OC)ccc1Br)c1ccccc1N. The maximum atomic E-state index is 6.07. The van der Waals surface area contributed by atoms with Crippen LogP contribution < -0.4 is 15.4 Å². The maximum absolute atomic E-state index is 6.07. The number of benzene rings is 2. The minimum Gasteiger partial charge on any atom is -0.497 e. The van der Waals surface area contributed by atoms with E-state index in [1.807, 2.05) is 42.5 Å². The molecule has 4 heteroatoms. The van der Waals surface area contributed by atoms with E-state index in [1.54, 1.807) is 7.11 Å². The number of ether oxygens (including phenoxy) is 1. The van der Waals surface area contributed by atoms with Gasteiger partial charge in [-0.1, -0.05) is 28.1 Å². The number of halogens is 1. The molecule has 0 aliphatic rings. The highest BCUT2D eigenvalue weighted by molar-refractivity contribution is 9.10. The largest absolute Gasteiger partial charge is 0.497 e. The van der Waals surface area contributed by atoms with Gasteiger partial charge in [-0.3, -0.25) is 0 Å². The van der Waals surface area contributed by atoms with E-state index in [2.05, 4.69) is 27.8 Å². The molecular weight excluding hydrogens is 316 g/mol. The first-order valence-electron chi connectivity index (χ1n) is 6.57. The van der Waals surface area contributed by atoms with Gasteiger partial charge >= 0.3 is 0 Å². The molecular formula is C16H19BrN2O. The molecule has 0 spiro atoms. The van der Waals surface area contributed by atoms with E-state index in [9.17, 15) is 0 Å². The Labute approximate surface area is 128 Å². The van der Waals surface area contributed by atoms with E-state index in [4.69, 9.17) is 10.5 Å². The van der Waals surface area contributed by atoms with Crippen LogP contribution in [0.5, 0.6) is 5.75 Å². The normalized spacial score (nSPS) is 10.3. The second-order valence-corrected chi connectivity index (χ2v) is 5.38. The minimum absolute atomic E-state index is 0.780. The average Bonchev–Trinajstić information content (AvgIpc) is 2.47. The lowest BCUT2D eigenvalue weighted by atomic mass is 10.1. The van der Waals surface area contributed by atoms with Gasteiger partial charge in [0.1, 0.15) is 5.75 Å². The van der Waals surface area contributed by atoms with E-state index in [0.29, 0.717) is 0 Å². The maximum Gasteiger partial charge on any atom is 0.119 e. The zero-order valence-electron chi connectivity index (χ0n) is 11.8. The van der Waals surface area contributed by atoms with Gasteiger partial charge in [0.05, 0.1) is 18.5 Å². The van der Waals surface area contributed by atoms with Crippen LogP contribution in [0.15, 0.2) is 46.9 Å². The van der Waals surface area contributed by atoms with Gasteiger partial charge in [0, 0.05) is 17.6 Å². The van der Waals surface area contributed by atoms with Crippen LogP contribution in [-0.2, 0) is 6.54 Å². The molecule has 0 bridgehead atoms. The third kappa shape index (κ3) is 3.25. The molecule has 0 fully saturated rings. The molecule has 0 aromatic heterocycles. The van der Waals surface area contributed by atoms with E-state index >= 15 is 0 Å². The van der Waals surface area contributed by atoms with Gasteiger partial charge in [-0.15, -0.1) is 0 Å². The van der Waals surface area contributed by atoms with Crippen LogP contribution in [0.2, 0.25) is 0 Å². The van der Waals surface area contributed by atoms with Crippen molar-refractivity contribution in [3.8, 4) is 5.75 Å². The van der Waals surface area contributed by atoms with Gasteiger partial charge < -0.3 is 15.4 Å². The van der Waals surface area contributed by atoms with Gasteiger partial charge in [-0.2, -0.15) is 0 Å². The van der Waals surface area contributed by atoms with Crippen LogP contribution in [-0.4, -0.2) is 13.7 Å². The molecule has 0 aliphatic heterocycles. The Kier molecular flexibility index (Phi) is 4.90. The van der Waals surface area contributed by atoms with Crippen LogP contribution in [0.4, 0.5) is 11.4 Å². The Bertz CT molecular complexity index is 586. The number of nitrogens with two attached hydrogens (primary N) is 1. The van der Waals surface area contributed by atoms with Gasteiger partial charge in [0.15, 0.2) is 0 Å². The van der Waals surface area contributed by atoms with Crippen molar-refractivity contribution in [2.24, 2.45) is 0 Å². The van der Waals surface area contributed by atoms with E-state index in [0.717, 1.165) is 34.7 Å². The monoisotopic (exact) mass is 334 g/mol. The summed E-state index contributed by atoms with van der Waals surface area (Å²) in [6, 6.07) is 13.9. The second-order valence-electron chi connectivity index (χ2n) is 4.53. The molecule has 2 aromatic rings. The molecule has 2 N–H and O–H groups in total. The molecule has 0 unspecified atom stereocenters. The highest BCUT2D eigenvalue weighted by Gasteiger charge is 2.11. The predicted molar refractivity (Wildman–Crippen MR) is 88.3 cm³/mol. The summed E-state index contributed by atoms with van der Waals surface area (Å²) in [6.45, 7) is 3.79. The lowest BCUT2D eigenvalue weighted by Gasteiger charge is -2.25. The van der Waals surface area contributed by atoms with E-state index in [-0.39, 0.29) is 0 Å². The van der Waals surface area contributed by atoms with Crippen LogP contribution >= 0.6 is 15.9 Å². The molecule has 0 heterocycles. The summed E-state index contributed by atoms with van der Waals surface area (Å²) in [5.41, 5.74) is 9.10. The summed E-state index contributed by atoms with van der Waals surface area (Å²) in [7, 11) is 1.68. The van der Waals surface area contributed by atoms with Crippen molar-refractivity contribution < 1.29 is 4.74 Å². The van der Waals surface area contributed by atoms with Gasteiger partial charge in [0.2, 0.25) is 0 Å². The molecule has 106 valence electrons. The van der Waals surface area contributed by atoms with Crippen LogP contribution in [0.25, 0.3) is 0 Å². The summed E-state index contributed by atoms with van der Waals surface area (Å²) in [6.07, 6.45) is 0. The summed E-state index contributed by atoms with van der Waals surface area (Å²) in [4.78, 5) is 2.24.